The minimum absolute atomic E-state index is 0. The molecule has 1 N–H and O–H groups in total. The monoisotopic (exact) mass is 1810 g/mol. The summed E-state index contributed by atoms with van der Waals surface area (Å²) in [5.41, 5.74) is -3.08. The van der Waals surface area contributed by atoms with Crippen molar-refractivity contribution >= 4 is 196 Å². The third-order valence-corrected chi connectivity index (χ3v) is 16.0. The number of ether oxygens (including phenoxy) is 9. The fourth-order valence-corrected chi connectivity index (χ4v) is 10.3. The summed E-state index contributed by atoms with van der Waals surface area (Å²) >= 11 is 50.8. The summed E-state index contributed by atoms with van der Waals surface area (Å²) in [5.74, 6) is 3.01. The number of rotatable bonds is 68. The van der Waals surface area contributed by atoms with Gasteiger partial charge in [-0.05, 0) is 135 Å². The number of allylic oxidation sites excluding steroid dienone is 2. The van der Waals surface area contributed by atoms with Crippen LogP contribution in [0.3, 0.4) is 0 Å². The number of thioether (sulfide) groups is 1. The average Bonchev–Trinajstić information content (AvgIpc) is 2.45. The molecular weight excluding hydrogens is 1670 g/mol. The van der Waals surface area contributed by atoms with E-state index in [1.54, 1.807) is 6.92 Å². The first-order chi connectivity index (χ1) is 50.5. The van der Waals surface area contributed by atoms with Crippen molar-refractivity contribution in [1.29, 1.82) is 0 Å². The van der Waals surface area contributed by atoms with Gasteiger partial charge in [0.05, 0.1) is 39.6 Å². The minimum Gasteiger partial charge on any atom is -1.00 e. The van der Waals surface area contributed by atoms with Crippen LogP contribution in [0.2, 0.25) is 0 Å². The van der Waals surface area contributed by atoms with Crippen LogP contribution in [-0.4, -0.2) is 163 Å². The van der Waals surface area contributed by atoms with E-state index in [9.17, 15) is 28.8 Å². The molecule has 0 bridgehead atoms. The fourth-order valence-electron chi connectivity index (χ4n) is 8.92. The Morgan fingerprint density at radius 1 is 0.333 bits per heavy atom. The maximum Gasteiger partial charge on any atom is 1.00 e. The first-order valence-corrected chi connectivity index (χ1v) is 43.5. The van der Waals surface area contributed by atoms with Crippen LogP contribution in [0, 0.1) is 0 Å². The Morgan fingerprint density at radius 2 is 0.509 bits per heavy atom. The van der Waals surface area contributed by atoms with Crippen molar-refractivity contribution in [2.45, 2.75) is 297 Å². The van der Waals surface area contributed by atoms with Gasteiger partial charge in [0, 0.05) is 99.0 Å². The number of aliphatic hydroxyl groups excluding tert-OH is 1. The Balaban J connectivity index is -0.000000103. The van der Waals surface area contributed by atoms with E-state index in [0.717, 1.165) is 95.1 Å². The largest absolute Gasteiger partial charge is 1.00 e. The first-order valence-electron chi connectivity index (χ1n) is 37.8. The van der Waals surface area contributed by atoms with Gasteiger partial charge < -0.3 is 49.2 Å². The summed E-state index contributed by atoms with van der Waals surface area (Å²) in [6.45, 7) is 17.5. The number of unbranched alkanes of at least 4 members (excludes halogenated alkanes) is 38. The normalized spacial score (nSPS) is 9.80. The molecule has 0 rings (SSSR count). The zero-order valence-corrected chi connectivity index (χ0v) is 77.6. The van der Waals surface area contributed by atoms with Crippen LogP contribution < -0.4 is 29.6 Å². The number of aliphatic hydroxyl groups is 1. The van der Waals surface area contributed by atoms with Crippen molar-refractivity contribution in [3.05, 3.63) is 25.3 Å². The zero-order chi connectivity index (χ0) is 80.2. The van der Waals surface area contributed by atoms with E-state index in [0.29, 0.717) is 39.6 Å². The predicted octanol–water partition coefficient (Wildman–Crippen LogP) is 24.6. The quantitative estimate of drug-likeness (QED) is 0.0110. The number of halogens is 9. The molecule has 108 heavy (non-hydrogen) atoms. The third kappa shape index (κ3) is 193. The van der Waals surface area contributed by atoms with Gasteiger partial charge in [0.15, 0.2) is 10.2 Å². The maximum atomic E-state index is 10.7. The molecule has 18 nitrogen and oxygen atoms in total. The molecule has 0 spiro atoms. The van der Waals surface area contributed by atoms with Crippen molar-refractivity contribution in [2.24, 2.45) is 0 Å². The Labute approximate surface area is 745 Å². The van der Waals surface area contributed by atoms with E-state index in [1.165, 1.54) is 243 Å². The molecule has 0 aromatic carbocycles. The Bertz CT molecular complexity index is 1750. The van der Waals surface area contributed by atoms with Crippen LogP contribution in [0.4, 0.5) is 28.8 Å². The summed E-state index contributed by atoms with van der Waals surface area (Å²) in [5, 5.41) is 8.56. The average molecular weight is 1820 g/mol. The molecule has 0 aliphatic heterocycles. The maximum absolute atomic E-state index is 10.7. The summed E-state index contributed by atoms with van der Waals surface area (Å²) in [6, 6.07) is 0. The molecule has 0 heterocycles. The van der Waals surface area contributed by atoms with Gasteiger partial charge in [-0.2, -0.15) is 25.3 Å². The van der Waals surface area contributed by atoms with Crippen molar-refractivity contribution in [3.63, 3.8) is 0 Å². The molecule has 0 saturated carbocycles. The summed E-state index contributed by atoms with van der Waals surface area (Å²) in [4.78, 5) is 79.0. The number of carbonyl (C=O) groups is 8. The second kappa shape index (κ2) is 129. The molecule has 0 aromatic heterocycles. The van der Waals surface area contributed by atoms with E-state index >= 15 is 0 Å². The smallest absolute Gasteiger partial charge is 1.00 e. The van der Waals surface area contributed by atoms with Crippen LogP contribution in [-0.2, 0) is 52.2 Å². The van der Waals surface area contributed by atoms with Crippen LogP contribution in [0.1, 0.15) is 299 Å². The van der Waals surface area contributed by atoms with Crippen molar-refractivity contribution in [3.8, 4) is 0 Å². The summed E-state index contributed by atoms with van der Waals surface area (Å²) in [7, 11) is 0. The second-order valence-electron chi connectivity index (χ2n) is 23.5. The van der Waals surface area contributed by atoms with E-state index in [1.807, 2.05) is 12.2 Å². The van der Waals surface area contributed by atoms with Gasteiger partial charge >= 0.3 is 60.7 Å². The van der Waals surface area contributed by atoms with Crippen LogP contribution in [0.25, 0.3) is 0 Å². The zero-order valence-electron chi connectivity index (χ0n) is 66.3. The van der Waals surface area contributed by atoms with Crippen molar-refractivity contribution < 1.29 is 117 Å². The SMILES string of the molecule is C.C=CCCCCCCCCCOCCO.C=CCCCCCCCCCOCCOC(=O)Cl.CC(=O)S.CC(=O)SCCCCCCCCCCCOCCOC(=O)Cl.Cl.O=C(Cl)Cl.O=C(Cl)Cl.O=C(Cl)OCCOCCCCCCCCCCCS.O=C(Cl)OCCOCCCCCCCCCCCS.[H-].[Na+]. The summed E-state index contributed by atoms with van der Waals surface area (Å²) < 4.78 is 42.8. The van der Waals surface area contributed by atoms with E-state index in [2.05, 4.69) is 116 Å². The van der Waals surface area contributed by atoms with Gasteiger partial charge in [-0.1, -0.05) is 230 Å². The molecule has 0 amide bonds. The first kappa shape index (κ1) is 132. The molecule has 32 heteroatoms. The number of carbonyl (C=O) groups excluding carboxylic acids is 8. The molecular formula is C76H144Cl9NaO18S4. The molecule has 0 radical (unpaired) electrons. The van der Waals surface area contributed by atoms with Gasteiger partial charge in [0.25, 0.3) is 0 Å². The molecule has 0 aliphatic rings. The van der Waals surface area contributed by atoms with Crippen molar-refractivity contribution in [1.82, 2.24) is 0 Å². The Hall–Kier alpha value is 0.810. The van der Waals surface area contributed by atoms with Gasteiger partial charge in [-0.3, -0.25) is 19.2 Å². The third-order valence-electron chi connectivity index (χ3n) is 14.0. The molecule has 0 saturated heterocycles. The van der Waals surface area contributed by atoms with Gasteiger partial charge in [0.1, 0.15) is 26.4 Å². The number of hydrogen-bond acceptors (Lipinski definition) is 21. The summed E-state index contributed by atoms with van der Waals surface area (Å²) in [6.07, 6.45) is 58.2. The predicted molar refractivity (Wildman–Crippen MR) is 469 cm³/mol. The van der Waals surface area contributed by atoms with Crippen LogP contribution >= 0.6 is 155 Å². The van der Waals surface area contributed by atoms with Crippen LogP contribution in [0.15, 0.2) is 25.3 Å². The minimum atomic E-state index is -0.889. The van der Waals surface area contributed by atoms with Crippen molar-refractivity contribution in [2.75, 3.05) is 116 Å². The van der Waals surface area contributed by atoms with E-state index in [4.69, 9.17) is 84.8 Å². The molecule has 644 valence electrons. The van der Waals surface area contributed by atoms with Gasteiger partial charge in [-0.15, -0.1) is 38.2 Å². The Kier molecular flexibility index (Phi) is 157. The molecule has 0 unspecified atom stereocenters. The van der Waals surface area contributed by atoms with Gasteiger partial charge in [-0.25, -0.2) is 19.2 Å². The van der Waals surface area contributed by atoms with E-state index in [-0.39, 0.29) is 94.1 Å². The Morgan fingerprint density at radius 3 is 0.685 bits per heavy atom. The fraction of sp³-hybridized carbons (Fsp3) is 0.842. The molecule has 0 atom stereocenters. The van der Waals surface area contributed by atoms with E-state index < -0.39 is 31.1 Å². The van der Waals surface area contributed by atoms with Crippen LogP contribution in [0.5, 0.6) is 0 Å². The molecule has 0 fully saturated rings. The second-order valence-corrected chi connectivity index (χ2v) is 29.3. The topological polar surface area (TPSA) is 240 Å². The molecule has 0 aliphatic carbocycles. The number of thiol groups is 3. The molecule has 0 aromatic rings. The van der Waals surface area contributed by atoms with Gasteiger partial charge in [0.2, 0.25) is 0 Å². The standard InChI is InChI=1S/C16H29ClO4S.2C14H27ClO3S.C14H25ClO3.C13H26O2.C2H4OS.2CCl2O.CH4.ClH.Na.H/c1-15(18)22-14-10-8-6-4-2-3-5-7-9-11-20-12-13-21-16(17)19;2*15-14(16)18-12-11-17-10-8-6-4-2-1-3-5-7-9-13-19;1-2-3-4-5-6-7-8-9-10-11-17-12-13-18-14(15)16;1-2-3-4-5-6-7-8-9-10-12-15-13-11-14;1-2(3)4;2*2-1(3)4;;;;/h2-14H2,1H3;2*19H,1-13H2;2H,1,3-13H2;2,14H,1,3-13H2;1H3,(H,3,4);;;1H4;1H;;/q;;;;;;;;;;+1;-1. The number of hydrogen-bond donors (Lipinski definition) is 4.